The summed E-state index contributed by atoms with van der Waals surface area (Å²) in [6.45, 7) is 4.01. The van der Waals surface area contributed by atoms with Gasteiger partial charge in [-0.1, -0.05) is 20.3 Å². The molecule has 3 atom stereocenters. The molecule has 3 aromatic rings. The molecule has 2 aliphatic rings. The molecule has 1 aliphatic carbocycles. The highest BCUT2D eigenvalue weighted by molar-refractivity contribution is 5.69. The van der Waals surface area contributed by atoms with Crippen LogP contribution >= 0.6 is 0 Å². The molecule has 44 heavy (non-hydrogen) atoms. The fourth-order valence-corrected chi connectivity index (χ4v) is 6.57. The first-order valence-electron chi connectivity index (χ1n) is 15.5. The number of rotatable bonds is 8. The summed E-state index contributed by atoms with van der Waals surface area (Å²) in [5, 5.41) is 4.19. The van der Waals surface area contributed by atoms with Crippen LogP contribution in [0.25, 0.3) is 11.1 Å². The number of alkyl halides is 3. The first-order chi connectivity index (χ1) is 21.0. The predicted octanol–water partition coefficient (Wildman–Crippen LogP) is 7.53. The number of hydrogen-bond acceptors (Lipinski definition) is 6. The zero-order valence-electron chi connectivity index (χ0n) is 25.4. The topological polar surface area (TPSA) is 76.4 Å². The van der Waals surface area contributed by atoms with Gasteiger partial charge in [0.15, 0.2) is 0 Å². The average molecular weight is 617 g/mol. The maximum absolute atomic E-state index is 14.4. The largest absolute Gasteiger partial charge is 0.446 e. The summed E-state index contributed by atoms with van der Waals surface area (Å²) in [4.78, 5) is 26.5. The van der Waals surface area contributed by atoms with Crippen molar-refractivity contribution < 1.29 is 27.1 Å². The van der Waals surface area contributed by atoms with Gasteiger partial charge in [-0.15, -0.1) is 0 Å². The number of benzene rings is 1. The second-order valence-electron chi connectivity index (χ2n) is 11.9. The molecule has 0 N–H and O–H groups in total. The molecule has 0 unspecified atom stereocenters. The summed E-state index contributed by atoms with van der Waals surface area (Å²) in [6.07, 6.45) is 9.27. The molecule has 1 amide bonds. The van der Waals surface area contributed by atoms with Crippen LogP contribution in [-0.2, 0) is 24.5 Å². The molecule has 1 aliphatic heterocycles. The highest BCUT2D eigenvalue weighted by Crippen LogP contribution is 2.36. The van der Waals surface area contributed by atoms with E-state index >= 15 is 0 Å². The second-order valence-corrected chi connectivity index (χ2v) is 11.9. The number of amides is 1. The summed E-state index contributed by atoms with van der Waals surface area (Å²) >= 11 is 0. The number of piperidine rings is 1. The Morgan fingerprint density at radius 3 is 2.20 bits per heavy atom. The lowest BCUT2D eigenvalue weighted by molar-refractivity contribution is -0.137. The lowest BCUT2D eigenvalue weighted by Crippen LogP contribution is -2.57. The van der Waals surface area contributed by atoms with Crippen LogP contribution in [0.2, 0.25) is 0 Å². The summed E-state index contributed by atoms with van der Waals surface area (Å²) in [5.74, 6) is -0.635. The van der Waals surface area contributed by atoms with Gasteiger partial charge in [0.05, 0.1) is 11.8 Å². The minimum Gasteiger partial charge on any atom is -0.446 e. The molecule has 1 saturated heterocycles. The SMILES string of the molecule is CC[C@@H]1C[C@H](N(Cc2cc(F)cc(C(F)(F)F)c2)c2ncc(-c3cnn(C)c3)cn2)C[C@H](CC)N1C(=O)OC1CCCCC1. The van der Waals surface area contributed by atoms with Gasteiger partial charge in [-0.2, -0.15) is 18.3 Å². The smallest absolute Gasteiger partial charge is 0.416 e. The van der Waals surface area contributed by atoms with Gasteiger partial charge in [-0.3, -0.25) is 4.68 Å². The van der Waals surface area contributed by atoms with Crippen molar-refractivity contribution in [2.24, 2.45) is 7.05 Å². The van der Waals surface area contributed by atoms with E-state index in [4.69, 9.17) is 4.74 Å². The molecule has 0 radical (unpaired) electrons. The third-order valence-corrected chi connectivity index (χ3v) is 8.86. The number of likely N-dealkylation sites (tertiary alicyclic amines) is 1. The van der Waals surface area contributed by atoms with Crippen LogP contribution in [0, 0.1) is 5.82 Å². The minimum absolute atomic E-state index is 0.0306. The molecule has 8 nitrogen and oxygen atoms in total. The Labute approximate surface area is 255 Å². The van der Waals surface area contributed by atoms with Crippen LogP contribution < -0.4 is 4.90 Å². The van der Waals surface area contributed by atoms with Crippen molar-refractivity contribution in [3.63, 3.8) is 0 Å². The Bertz CT molecular complexity index is 1390. The van der Waals surface area contributed by atoms with Crippen molar-refractivity contribution in [1.82, 2.24) is 24.6 Å². The van der Waals surface area contributed by atoms with Gasteiger partial charge in [0, 0.05) is 61.4 Å². The Kier molecular flexibility index (Phi) is 9.75. The zero-order chi connectivity index (χ0) is 31.4. The average Bonchev–Trinajstić information content (AvgIpc) is 3.45. The highest BCUT2D eigenvalue weighted by Gasteiger charge is 2.41. The van der Waals surface area contributed by atoms with Gasteiger partial charge < -0.3 is 14.5 Å². The van der Waals surface area contributed by atoms with Crippen LogP contribution in [0.5, 0.6) is 0 Å². The van der Waals surface area contributed by atoms with Gasteiger partial charge in [0.25, 0.3) is 0 Å². The van der Waals surface area contributed by atoms with Crippen molar-refractivity contribution in [1.29, 1.82) is 0 Å². The van der Waals surface area contributed by atoms with Gasteiger partial charge in [0.2, 0.25) is 5.95 Å². The van der Waals surface area contributed by atoms with E-state index < -0.39 is 17.6 Å². The molecule has 5 rings (SSSR count). The van der Waals surface area contributed by atoms with Crippen LogP contribution in [0.3, 0.4) is 0 Å². The van der Waals surface area contributed by atoms with E-state index in [0.29, 0.717) is 37.7 Å². The third kappa shape index (κ3) is 7.32. The van der Waals surface area contributed by atoms with E-state index in [1.165, 1.54) is 0 Å². The molecular formula is C32H40F4N6O2. The molecule has 2 aromatic heterocycles. The van der Waals surface area contributed by atoms with E-state index in [2.05, 4.69) is 15.1 Å². The molecule has 0 spiro atoms. The Balaban J connectivity index is 1.45. The van der Waals surface area contributed by atoms with E-state index in [9.17, 15) is 22.4 Å². The molecule has 1 aromatic carbocycles. The van der Waals surface area contributed by atoms with E-state index in [-0.39, 0.29) is 42.4 Å². The number of aromatic nitrogens is 4. The van der Waals surface area contributed by atoms with Gasteiger partial charge in [-0.25, -0.2) is 19.2 Å². The van der Waals surface area contributed by atoms with Crippen molar-refractivity contribution in [3.05, 3.63) is 59.9 Å². The molecule has 0 bridgehead atoms. The van der Waals surface area contributed by atoms with Crippen molar-refractivity contribution in [2.75, 3.05) is 4.90 Å². The maximum Gasteiger partial charge on any atom is 0.416 e. The monoisotopic (exact) mass is 616 g/mol. The molecule has 238 valence electrons. The van der Waals surface area contributed by atoms with Crippen molar-refractivity contribution in [3.8, 4) is 11.1 Å². The van der Waals surface area contributed by atoms with Crippen molar-refractivity contribution in [2.45, 2.75) is 109 Å². The standard InChI is InChI=1S/C32H40F4N6O2/c1-4-26-14-28(15-27(5-2)42(26)31(43)44-29-9-7-6-8-10-29)41(19-21-11-24(32(34,35)36)13-25(33)12-21)30-37-16-22(17-38-30)23-18-39-40(3)20-23/h11-13,16-18,20,26-29H,4-10,14-15,19H2,1-3H3/t26-,27+,28+. The van der Waals surface area contributed by atoms with Crippen molar-refractivity contribution >= 4 is 12.0 Å². The van der Waals surface area contributed by atoms with E-state index in [1.54, 1.807) is 30.3 Å². The van der Waals surface area contributed by atoms with Crippen LogP contribution in [0.4, 0.5) is 28.3 Å². The number of hydrogen-bond donors (Lipinski definition) is 0. The van der Waals surface area contributed by atoms with E-state index in [0.717, 1.165) is 55.4 Å². The summed E-state index contributed by atoms with van der Waals surface area (Å²) < 4.78 is 62.9. The number of carbonyl (C=O) groups is 1. The number of halogens is 4. The minimum atomic E-state index is -4.69. The first kappa shape index (κ1) is 31.7. The number of carbonyl (C=O) groups excluding carboxylic acids is 1. The molecule has 2 fully saturated rings. The fraction of sp³-hybridized carbons (Fsp3) is 0.562. The van der Waals surface area contributed by atoms with Crippen LogP contribution in [-0.4, -0.2) is 55.0 Å². The van der Waals surface area contributed by atoms with E-state index in [1.807, 2.05) is 29.8 Å². The lowest BCUT2D eigenvalue weighted by Gasteiger charge is -2.47. The Morgan fingerprint density at radius 1 is 0.977 bits per heavy atom. The summed E-state index contributed by atoms with van der Waals surface area (Å²) in [5.41, 5.74) is 0.688. The lowest BCUT2D eigenvalue weighted by atomic mass is 9.87. The molecule has 3 heterocycles. The quantitative estimate of drug-likeness (QED) is 0.244. The number of aryl methyl sites for hydroxylation is 1. The Hall–Kier alpha value is -3.70. The Morgan fingerprint density at radius 2 is 1.64 bits per heavy atom. The van der Waals surface area contributed by atoms with Crippen LogP contribution in [0.15, 0.2) is 43.0 Å². The molecular weight excluding hydrogens is 576 g/mol. The molecule has 12 heteroatoms. The van der Waals surface area contributed by atoms with Crippen LogP contribution in [0.1, 0.15) is 82.8 Å². The fourth-order valence-electron chi connectivity index (χ4n) is 6.57. The second kappa shape index (κ2) is 13.5. The highest BCUT2D eigenvalue weighted by atomic mass is 19.4. The number of ether oxygens (including phenoxy) is 1. The normalized spacial score (nSPS) is 21.3. The maximum atomic E-state index is 14.4. The third-order valence-electron chi connectivity index (χ3n) is 8.86. The van der Waals surface area contributed by atoms with Gasteiger partial charge in [-0.05, 0) is 75.1 Å². The number of anilines is 1. The summed E-state index contributed by atoms with van der Waals surface area (Å²) in [6, 6.07) is 2.09. The number of nitrogens with zero attached hydrogens (tertiary/aromatic N) is 6. The first-order valence-corrected chi connectivity index (χ1v) is 15.5. The van der Waals surface area contributed by atoms with Gasteiger partial charge >= 0.3 is 12.3 Å². The molecule has 1 saturated carbocycles. The zero-order valence-corrected chi connectivity index (χ0v) is 25.4. The predicted molar refractivity (Wildman–Crippen MR) is 158 cm³/mol. The summed E-state index contributed by atoms with van der Waals surface area (Å²) in [7, 11) is 1.81. The van der Waals surface area contributed by atoms with Gasteiger partial charge in [0.1, 0.15) is 11.9 Å².